The molecule has 0 aliphatic carbocycles. The maximum absolute atomic E-state index is 11.7. The summed E-state index contributed by atoms with van der Waals surface area (Å²) in [6, 6.07) is 7.17. The molecule has 1 heterocycles. The van der Waals surface area contributed by atoms with Gasteiger partial charge in [-0.3, -0.25) is 0 Å². The fraction of sp³-hybridized carbons (Fsp3) is 0.333. The zero-order chi connectivity index (χ0) is 14.5. The van der Waals surface area contributed by atoms with Crippen molar-refractivity contribution in [3.8, 4) is 5.69 Å². The van der Waals surface area contributed by atoms with E-state index in [0.29, 0.717) is 18.7 Å². The van der Waals surface area contributed by atoms with Gasteiger partial charge in [-0.15, -0.1) is 0 Å². The SMILES string of the molecule is CCCOC(=O)c1ccc(-n2cc(CN)c(C)n2)cc1. The van der Waals surface area contributed by atoms with Crippen LogP contribution in [0.1, 0.15) is 35.0 Å². The van der Waals surface area contributed by atoms with Crippen molar-refractivity contribution >= 4 is 5.97 Å². The highest BCUT2D eigenvalue weighted by atomic mass is 16.5. The molecule has 0 bridgehead atoms. The van der Waals surface area contributed by atoms with Crippen molar-refractivity contribution in [2.24, 2.45) is 5.73 Å². The van der Waals surface area contributed by atoms with Crippen LogP contribution in [-0.4, -0.2) is 22.4 Å². The largest absolute Gasteiger partial charge is 0.462 e. The van der Waals surface area contributed by atoms with Gasteiger partial charge in [0.15, 0.2) is 0 Å². The maximum Gasteiger partial charge on any atom is 0.338 e. The van der Waals surface area contributed by atoms with Crippen LogP contribution in [0.15, 0.2) is 30.5 Å². The Balaban J connectivity index is 2.17. The van der Waals surface area contributed by atoms with E-state index in [9.17, 15) is 4.79 Å². The molecule has 0 aliphatic heterocycles. The van der Waals surface area contributed by atoms with Gasteiger partial charge in [0, 0.05) is 18.3 Å². The molecule has 1 aromatic carbocycles. The molecule has 0 spiro atoms. The maximum atomic E-state index is 11.7. The second-order valence-corrected chi connectivity index (χ2v) is 4.57. The van der Waals surface area contributed by atoms with E-state index in [1.165, 1.54) is 0 Å². The molecule has 0 saturated carbocycles. The first-order chi connectivity index (χ1) is 9.65. The molecule has 5 heteroatoms. The molecule has 106 valence electrons. The number of hydrogen-bond donors (Lipinski definition) is 1. The molecular formula is C15H19N3O2. The van der Waals surface area contributed by atoms with Gasteiger partial charge in [-0.25, -0.2) is 9.48 Å². The molecule has 2 aromatic rings. The van der Waals surface area contributed by atoms with Gasteiger partial charge in [-0.1, -0.05) is 6.92 Å². The van der Waals surface area contributed by atoms with Gasteiger partial charge in [-0.05, 0) is 37.6 Å². The van der Waals surface area contributed by atoms with Crippen molar-refractivity contribution in [3.05, 3.63) is 47.3 Å². The summed E-state index contributed by atoms with van der Waals surface area (Å²) in [4.78, 5) is 11.7. The number of esters is 1. The summed E-state index contributed by atoms with van der Waals surface area (Å²) < 4.78 is 6.85. The number of carbonyl (C=O) groups excluding carboxylic acids is 1. The van der Waals surface area contributed by atoms with E-state index < -0.39 is 0 Å². The topological polar surface area (TPSA) is 70.1 Å². The van der Waals surface area contributed by atoms with Gasteiger partial charge in [0.25, 0.3) is 0 Å². The highest BCUT2D eigenvalue weighted by molar-refractivity contribution is 5.89. The van der Waals surface area contributed by atoms with Gasteiger partial charge in [0.2, 0.25) is 0 Å². The molecule has 1 aromatic heterocycles. The predicted octanol–water partition coefficient (Wildman–Crippen LogP) is 2.21. The molecule has 0 aliphatic rings. The molecule has 2 N–H and O–H groups in total. The number of aromatic nitrogens is 2. The van der Waals surface area contributed by atoms with Crippen molar-refractivity contribution in [2.45, 2.75) is 26.8 Å². The van der Waals surface area contributed by atoms with Crippen LogP contribution < -0.4 is 5.73 Å². The Morgan fingerprint density at radius 2 is 2.05 bits per heavy atom. The van der Waals surface area contributed by atoms with Gasteiger partial charge >= 0.3 is 5.97 Å². The molecule has 0 radical (unpaired) electrons. The molecule has 5 nitrogen and oxygen atoms in total. The van der Waals surface area contributed by atoms with E-state index in [2.05, 4.69) is 5.10 Å². The lowest BCUT2D eigenvalue weighted by molar-refractivity contribution is 0.0505. The van der Waals surface area contributed by atoms with E-state index in [0.717, 1.165) is 23.4 Å². The lowest BCUT2D eigenvalue weighted by Gasteiger charge is -2.05. The minimum Gasteiger partial charge on any atom is -0.462 e. The molecule has 0 unspecified atom stereocenters. The quantitative estimate of drug-likeness (QED) is 0.848. The molecule has 20 heavy (non-hydrogen) atoms. The van der Waals surface area contributed by atoms with Crippen LogP contribution in [0, 0.1) is 6.92 Å². The molecule has 0 saturated heterocycles. The molecule has 2 rings (SSSR count). The lowest BCUT2D eigenvalue weighted by Crippen LogP contribution is -2.06. The Bertz CT molecular complexity index is 588. The Kier molecular flexibility index (Phi) is 4.53. The highest BCUT2D eigenvalue weighted by Gasteiger charge is 2.08. The number of ether oxygens (including phenoxy) is 1. The number of benzene rings is 1. The van der Waals surface area contributed by atoms with Crippen LogP contribution in [0.4, 0.5) is 0 Å². The van der Waals surface area contributed by atoms with Crippen LogP contribution in [-0.2, 0) is 11.3 Å². The number of hydrogen-bond acceptors (Lipinski definition) is 4. The monoisotopic (exact) mass is 273 g/mol. The fourth-order valence-corrected chi connectivity index (χ4v) is 1.86. The summed E-state index contributed by atoms with van der Waals surface area (Å²) in [5, 5.41) is 4.40. The molecule has 0 amide bonds. The van der Waals surface area contributed by atoms with E-state index in [-0.39, 0.29) is 5.97 Å². The zero-order valence-corrected chi connectivity index (χ0v) is 11.8. The van der Waals surface area contributed by atoms with Crippen LogP contribution in [0.5, 0.6) is 0 Å². The Morgan fingerprint density at radius 3 is 2.60 bits per heavy atom. The van der Waals surface area contributed by atoms with Gasteiger partial charge in [0.05, 0.1) is 23.6 Å². The van der Waals surface area contributed by atoms with E-state index in [1.807, 2.05) is 32.2 Å². The summed E-state index contributed by atoms with van der Waals surface area (Å²) in [7, 11) is 0. The Hall–Kier alpha value is -2.14. The molecule has 0 atom stereocenters. The highest BCUT2D eigenvalue weighted by Crippen LogP contribution is 2.13. The summed E-state index contributed by atoms with van der Waals surface area (Å²) in [5.74, 6) is -0.294. The lowest BCUT2D eigenvalue weighted by atomic mass is 10.2. The number of nitrogens with two attached hydrogens (primary N) is 1. The van der Waals surface area contributed by atoms with Gasteiger partial charge in [-0.2, -0.15) is 5.10 Å². The smallest absolute Gasteiger partial charge is 0.338 e. The van der Waals surface area contributed by atoms with Crippen molar-refractivity contribution in [1.82, 2.24) is 9.78 Å². The van der Waals surface area contributed by atoms with Crippen molar-refractivity contribution in [2.75, 3.05) is 6.61 Å². The third-order valence-corrected chi connectivity index (χ3v) is 3.03. The third kappa shape index (κ3) is 3.05. The van der Waals surface area contributed by atoms with E-state index >= 15 is 0 Å². The van der Waals surface area contributed by atoms with Crippen molar-refractivity contribution in [3.63, 3.8) is 0 Å². The summed E-state index contributed by atoms with van der Waals surface area (Å²) in [6.07, 6.45) is 2.72. The summed E-state index contributed by atoms with van der Waals surface area (Å²) >= 11 is 0. The predicted molar refractivity (Wildman–Crippen MR) is 76.8 cm³/mol. The van der Waals surface area contributed by atoms with E-state index in [1.54, 1.807) is 16.8 Å². The third-order valence-electron chi connectivity index (χ3n) is 3.03. The molecule has 0 fully saturated rings. The summed E-state index contributed by atoms with van der Waals surface area (Å²) in [5.41, 5.74) is 9.00. The van der Waals surface area contributed by atoms with Crippen molar-refractivity contribution < 1.29 is 9.53 Å². The Labute approximate surface area is 118 Å². The average molecular weight is 273 g/mol. The minimum atomic E-state index is -0.294. The number of carbonyl (C=O) groups is 1. The van der Waals surface area contributed by atoms with Crippen LogP contribution in [0.2, 0.25) is 0 Å². The average Bonchev–Trinajstić information content (AvgIpc) is 2.86. The Morgan fingerprint density at radius 1 is 1.35 bits per heavy atom. The normalized spacial score (nSPS) is 10.6. The minimum absolute atomic E-state index is 0.294. The first-order valence-corrected chi connectivity index (χ1v) is 6.68. The second kappa shape index (κ2) is 6.34. The number of aryl methyl sites for hydroxylation is 1. The molecular weight excluding hydrogens is 254 g/mol. The number of nitrogens with zero attached hydrogens (tertiary/aromatic N) is 2. The van der Waals surface area contributed by atoms with Crippen LogP contribution >= 0.6 is 0 Å². The summed E-state index contributed by atoms with van der Waals surface area (Å²) in [6.45, 7) is 4.80. The van der Waals surface area contributed by atoms with Crippen molar-refractivity contribution in [1.29, 1.82) is 0 Å². The van der Waals surface area contributed by atoms with Crippen LogP contribution in [0.3, 0.4) is 0 Å². The first-order valence-electron chi connectivity index (χ1n) is 6.68. The number of rotatable bonds is 5. The first kappa shape index (κ1) is 14.3. The fourth-order valence-electron chi connectivity index (χ4n) is 1.86. The second-order valence-electron chi connectivity index (χ2n) is 4.57. The van der Waals surface area contributed by atoms with E-state index in [4.69, 9.17) is 10.5 Å². The zero-order valence-electron chi connectivity index (χ0n) is 11.8. The van der Waals surface area contributed by atoms with Gasteiger partial charge in [0.1, 0.15) is 0 Å². The van der Waals surface area contributed by atoms with Crippen LogP contribution in [0.25, 0.3) is 5.69 Å². The standard InChI is InChI=1S/C15H19N3O2/c1-3-8-20-15(19)12-4-6-14(7-5-12)18-10-13(9-16)11(2)17-18/h4-7,10H,3,8-9,16H2,1-2H3. The van der Waals surface area contributed by atoms with Gasteiger partial charge < -0.3 is 10.5 Å².